The van der Waals surface area contributed by atoms with Gasteiger partial charge in [0.1, 0.15) is 0 Å². The number of rotatable bonds is 7. The molecule has 8 heteroatoms. The standard InChI is InChI=1S/C9H21NO5P2.C6H14/c1-13-17(12,14-2)7-8-3-5-9(6-4-8)15-16(10)11;1-5(2)6(3)4/h8-9,11H,3-7,10H2,1-2H3;5-6H,1-4H3. The Kier molecular flexibility index (Phi) is 12.2. The van der Waals surface area contributed by atoms with Crippen LogP contribution in [0.4, 0.5) is 0 Å². The van der Waals surface area contributed by atoms with E-state index in [4.69, 9.17) is 24.0 Å². The number of hydrogen-bond donors (Lipinski definition) is 2. The lowest BCUT2D eigenvalue weighted by atomic mass is 9.89. The zero-order valence-electron chi connectivity index (χ0n) is 15.4. The van der Waals surface area contributed by atoms with Gasteiger partial charge in [-0.05, 0) is 43.4 Å². The molecule has 1 aliphatic carbocycles. The van der Waals surface area contributed by atoms with Crippen LogP contribution in [-0.2, 0) is 18.1 Å². The summed E-state index contributed by atoms with van der Waals surface area (Å²) in [4.78, 5) is 8.97. The van der Waals surface area contributed by atoms with Crippen LogP contribution in [0.5, 0.6) is 0 Å². The van der Waals surface area contributed by atoms with E-state index in [0.29, 0.717) is 12.1 Å². The van der Waals surface area contributed by atoms with Gasteiger partial charge in [-0.2, -0.15) is 0 Å². The molecule has 0 aliphatic heterocycles. The van der Waals surface area contributed by atoms with E-state index in [1.165, 1.54) is 14.2 Å². The summed E-state index contributed by atoms with van der Waals surface area (Å²) in [7, 11) is -1.86. The molecule has 1 unspecified atom stereocenters. The first kappa shape index (κ1) is 23.5. The Morgan fingerprint density at radius 3 is 1.83 bits per heavy atom. The third kappa shape index (κ3) is 10.8. The van der Waals surface area contributed by atoms with Gasteiger partial charge in [-0.3, -0.25) is 10.1 Å². The van der Waals surface area contributed by atoms with Gasteiger partial charge >= 0.3 is 7.60 Å². The summed E-state index contributed by atoms with van der Waals surface area (Å²) in [6.07, 6.45) is 3.92. The van der Waals surface area contributed by atoms with E-state index >= 15 is 0 Å². The van der Waals surface area contributed by atoms with Crippen LogP contribution in [0.25, 0.3) is 0 Å². The van der Waals surface area contributed by atoms with Gasteiger partial charge in [0.05, 0.1) is 12.3 Å². The molecule has 0 heterocycles. The Bertz CT molecular complexity index is 331. The molecule has 1 saturated carbocycles. The molecule has 0 aromatic rings. The van der Waals surface area contributed by atoms with Gasteiger partial charge in [-0.1, -0.05) is 27.7 Å². The SMILES string of the molecule is CC(C)C(C)C.COP(=O)(CC1CCC(OP(N)O)CC1)OC. The first-order chi connectivity index (χ1) is 10.6. The molecule has 140 valence electrons. The van der Waals surface area contributed by atoms with E-state index in [1.807, 2.05) is 0 Å². The second-order valence-corrected chi connectivity index (χ2v) is 9.83. The molecule has 1 rings (SSSR count). The Balaban J connectivity index is 0.000000688. The molecule has 0 spiro atoms. The zero-order valence-corrected chi connectivity index (χ0v) is 17.2. The Hall–Kier alpha value is 0.460. The highest BCUT2D eigenvalue weighted by Crippen LogP contribution is 2.50. The molecule has 0 radical (unpaired) electrons. The lowest BCUT2D eigenvalue weighted by molar-refractivity contribution is 0.135. The maximum atomic E-state index is 11.9. The molecule has 0 aromatic heterocycles. The summed E-state index contributed by atoms with van der Waals surface area (Å²) in [6.45, 7) is 8.96. The van der Waals surface area contributed by atoms with Crippen LogP contribution in [-0.4, -0.2) is 31.4 Å². The molecule has 3 N–H and O–H groups in total. The Labute approximate surface area is 143 Å². The van der Waals surface area contributed by atoms with Crippen molar-refractivity contribution < 1.29 is 23.0 Å². The quantitative estimate of drug-likeness (QED) is 0.639. The molecule has 0 aromatic carbocycles. The summed E-state index contributed by atoms with van der Waals surface area (Å²) in [5, 5.41) is 0. The molecule has 23 heavy (non-hydrogen) atoms. The van der Waals surface area contributed by atoms with E-state index in [-0.39, 0.29) is 6.10 Å². The van der Waals surface area contributed by atoms with Crippen molar-refractivity contribution in [3.05, 3.63) is 0 Å². The van der Waals surface area contributed by atoms with Crippen molar-refractivity contribution in [3.8, 4) is 0 Å². The fourth-order valence-electron chi connectivity index (χ4n) is 2.11. The van der Waals surface area contributed by atoms with Crippen LogP contribution in [0, 0.1) is 17.8 Å². The van der Waals surface area contributed by atoms with Crippen molar-refractivity contribution in [2.45, 2.75) is 59.5 Å². The van der Waals surface area contributed by atoms with Crippen molar-refractivity contribution in [1.82, 2.24) is 0 Å². The van der Waals surface area contributed by atoms with E-state index in [9.17, 15) is 4.57 Å². The smallest absolute Gasteiger partial charge is 0.330 e. The largest absolute Gasteiger partial charge is 0.338 e. The van der Waals surface area contributed by atoms with Gasteiger partial charge in [0.2, 0.25) is 8.53 Å². The molecule has 6 nitrogen and oxygen atoms in total. The number of nitrogens with two attached hydrogens (primary N) is 1. The highest BCUT2D eigenvalue weighted by atomic mass is 31.2. The average molecular weight is 371 g/mol. The Morgan fingerprint density at radius 2 is 1.52 bits per heavy atom. The van der Waals surface area contributed by atoms with E-state index < -0.39 is 16.1 Å². The molecular weight excluding hydrogens is 336 g/mol. The monoisotopic (exact) mass is 371 g/mol. The van der Waals surface area contributed by atoms with Crippen LogP contribution in [0.3, 0.4) is 0 Å². The average Bonchev–Trinajstić information content (AvgIpc) is 2.49. The van der Waals surface area contributed by atoms with Crippen molar-refractivity contribution in [3.63, 3.8) is 0 Å². The fraction of sp³-hybridized carbons (Fsp3) is 1.00. The van der Waals surface area contributed by atoms with E-state index in [2.05, 4.69) is 27.7 Å². The van der Waals surface area contributed by atoms with Crippen LogP contribution in [0.2, 0.25) is 0 Å². The first-order valence-corrected chi connectivity index (χ1v) is 11.3. The van der Waals surface area contributed by atoms with Crippen molar-refractivity contribution in [2.24, 2.45) is 23.3 Å². The summed E-state index contributed by atoms with van der Waals surface area (Å²) in [6, 6.07) is 0. The maximum Gasteiger partial charge on any atom is 0.330 e. The Morgan fingerprint density at radius 1 is 1.09 bits per heavy atom. The van der Waals surface area contributed by atoms with Crippen LogP contribution in [0.1, 0.15) is 53.4 Å². The predicted molar refractivity (Wildman–Crippen MR) is 96.3 cm³/mol. The van der Waals surface area contributed by atoms with E-state index in [1.54, 1.807) is 0 Å². The predicted octanol–water partition coefficient (Wildman–Crippen LogP) is 4.52. The highest BCUT2D eigenvalue weighted by Gasteiger charge is 2.30. The molecule has 0 bridgehead atoms. The van der Waals surface area contributed by atoms with Crippen LogP contribution in [0.15, 0.2) is 0 Å². The fourth-order valence-corrected chi connectivity index (χ4v) is 4.07. The minimum absolute atomic E-state index is 0.0248. The minimum atomic E-state index is -2.91. The third-order valence-corrected chi connectivity index (χ3v) is 7.01. The van der Waals surface area contributed by atoms with Crippen LogP contribution >= 0.6 is 16.1 Å². The second-order valence-electron chi connectivity index (χ2n) is 6.70. The van der Waals surface area contributed by atoms with Gasteiger partial charge in [-0.15, -0.1) is 0 Å². The zero-order chi connectivity index (χ0) is 18.0. The normalized spacial score (nSPS) is 23.6. The summed E-state index contributed by atoms with van der Waals surface area (Å²) < 4.78 is 27.0. The van der Waals surface area contributed by atoms with Gasteiger partial charge in [0, 0.05) is 14.2 Å². The molecular formula is C15H35NO5P2. The molecule has 0 amide bonds. The molecule has 1 fully saturated rings. The minimum Gasteiger partial charge on any atom is -0.338 e. The van der Waals surface area contributed by atoms with Crippen molar-refractivity contribution >= 4 is 16.1 Å². The third-order valence-electron chi connectivity index (χ3n) is 4.42. The maximum absolute atomic E-state index is 11.9. The van der Waals surface area contributed by atoms with Gasteiger partial charge in [0.25, 0.3) is 0 Å². The lowest BCUT2D eigenvalue weighted by Gasteiger charge is -2.29. The summed E-state index contributed by atoms with van der Waals surface area (Å²) >= 11 is 0. The topological polar surface area (TPSA) is 91.0 Å². The van der Waals surface area contributed by atoms with Gasteiger partial charge in [0.15, 0.2) is 0 Å². The highest BCUT2D eigenvalue weighted by molar-refractivity contribution is 7.53. The van der Waals surface area contributed by atoms with Gasteiger partial charge in [-0.25, -0.2) is 0 Å². The first-order valence-electron chi connectivity index (χ1n) is 8.24. The van der Waals surface area contributed by atoms with Gasteiger partial charge < -0.3 is 18.5 Å². The summed E-state index contributed by atoms with van der Waals surface area (Å²) in [5.74, 6) is 2.03. The molecule has 1 atom stereocenters. The molecule has 0 saturated heterocycles. The van der Waals surface area contributed by atoms with E-state index in [0.717, 1.165) is 37.5 Å². The lowest BCUT2D eigenvalue weighted by Crippen LogP contribution is -2.23. The molecule has 1 aliphatic rings. The van der Waals surface area contributed by atoms with Crippen molar-refractivity contribution in [2.75, 3.05) is 20.4 Å². The van der Waals surface area contributed by atoms with Crippen LogP contribution < -0.4 is 5.50 Å². The van der Waals surface area contributed by atoms with Crippen molar-refractivity contribution in [1.29, 1.82) is 0 Å². The number of hydrogen-bond acceptors (Lipinski definition) is 6. The summed E-state index contributed by atoms with van der Waals surface area (Å²) in [5.41, 5.74) is 5.22. The second kappa shape index (κ2) is 11.9.